The number of benzene rings is 2. The first-order chi connectivity index (χ1) is 17.5. The molecule has 2 amide bonds. The van der Waals surface area contributed by atoms with Crippen LogP contribution in [-0.2, 0) is 0 Å². The highest BCUT2D eigenvalue weighted by Crippen LogP contribution is 2.30. The summed E-state index contributed by atoms with van der Waals surface area (Å²) < 4.78 is 0. The summed E-state index contributed by atoms with van der Waals surface area (Å²) in [5, 5.41) is 0. The first kappa shape index (κ1) is 28.0. The third-order valence-electron chi connectivity index (χ3n) is 7.55. The number of carbonyl (C=O) groups excluding carboxylic acids is 1. The molecule has 0 saturated heterocycles. The molecule has 4 nitrogen and oxygen atoms in total. The van der Waals surface area contributed by atoms with Gasteiger partial charge in [0.05, 0.1) is 0 Å². The van der Waals surface area contributed by atoms with Crippen molar-refractivity contribution in [2.45, 2.75) is 77.2 Å². The van der Waals surface area contributed by atoms with Gasteiger partial charge in [0.1, 0.15) is 0 Å². The lowest BCUT2D eigenvalue weighted by molar-refractivity contribution is 0.154. The van der Waals surface area contributed by atoms with Crippen LogP contribution in [0, 0.1) is 5.92 Å². The fourth-order valence-corrected chi connectivity index (χ4v) is 5.66. The number of carbonyl (C=O) groups is 1. The van der Waals surface area contributed by atoms with Crippen molar-refractivity contribution < 1.29 is 4.79 Å². The fourth-order valence-electron chi connectivity index (χ4n) is 5.66. The molecular formula is C32H47N3O. The lowest BCUT2D eigenvalue weighted by atomic mass is 9.81. The van der Waals surface area contributed by atoms with Crippen LogP contribution in [0.3, 0.4) is 0 Å². The summed E-state index contributed by atoms with van der Waals surface area (Å²) in [6, 6.07) is 21.8. The number of rotatable bonds is 13. The molecule has 1 aliphatic rings. The van der Waals surface area contributed by atoms with Crippen LogP contribution in [0.25, 0.3) is 0 Å². The number of urea groups is 1. The predicted octanol–water partition coefficient (Wildman–Crippen LogP) is 7.22. The van der Waals surface area contributed by atoms with E-state index < -0.39 is 0 Å². The maximum Gasteiger partial charge on any atom is 0.320 e. The van der Waals surface area contributed by atoms with E-state index in [1.165, 1.54) is 30.4 Å². The van der Waals surface area contributed by atoms with E-state index in [-0.39, 0.29) is 18.0 Å². The number of nitrogens with zero attached hydrogens (tertiary/aromatic N) is 2. The molecule has 1 aliphatic carbocycles. The van der Waals surface area contributed by atoms with Crippen LogP contribution < -0.4 is 5.73 Å². The van der Waals surface area contributed by atoms with Crippen LogP contribution >= 0.6 is 0 Å². The Morgan fingerprint density at radius 1 is 0.889 bits per heavy atom. The molecule has 2 aromatic rings. The van der Waals surface area contributed by atoms with Crippen LogP contribution in [0.15, 0.2) is 72.8 Å². The minimum atomic E-state index is 0.146. The van der Waals surface area contributed by atoms with Gasteiger partial charge < -0.3 is 15.5 Å². The van der Waals surface area contributed by atoms with Crippen molar-refractivity contribution in [3.63, 3.8) is 0 Å². The summed E-state index contributed by atoms with van der Waals surface area (Å²) in [5.74, 6) is 0.774. The molecule has 2 N–H and O–H groups in total. The normalized spacial score (nSPS) is 17.7. The molecule has 3 rings (SSSR count). The molecule has 0 aromatic heterocycles. The highest BCUT2D eigenvalue weighted by atomic mass is 16.2. The Labute approximate surface area is 219 Å². The van der Waals surface area contributed by atoms with Crippen LogP contribution in [0.2, 0.25) is 0 Å². The quantitative estimate of drug-likeness (QED) is 0.302. The summed E-state index contributed by atoms with van der Waals surface area (Å²) in [6.07, 6.45) is 8.53. The molecule has 0 aliphatic heterocycles. The maximum absolute atomic E-state index is 13.8. The molecule has 1 fully saturated rings. The van der Waals surface area contributed by atoms with Crippen molar-refractivity contribution in [1.29, 1.82) is 0 Å². The molecule has 36 heavy (non-hydrogen) atoms. The Kier molecular flexibility index (Phi) is 11.5. The summed E-state index contributed by atoms with van der Waals surface area (Å²) in [4.78, 5) is 17.9. The third-order valence-corrected chi connectivity index (χ3v) is 7.55. The monoisotopic (exact) mass is 489 g/mol. The first-order valence-electron chi connectivity index (χ1n) is 14.1. The van der Waals surface area contributed by atoms with Crippen LogP contribution in [-0.4, -0.2) is 48.1 Å². The van der Waals surface area contributed by atoms with Crippen molar-refractivity contribution >= 4 is 6.03 Å². The van der Waals surface area contributed by atoms with Gasteiger partial charge in [-0.25, -0.2) is 4.79 Å². The molecule has 2 unspecified atom stereocenters. The average molecular weight is 490 g/mol. The molecule has 0 heterocycles. The summed E-state index contributed by atoms with van der Waals surface area (Å²) in [5.41, 5.74) is 10.1. The van der Waals surface area contributed by atoms with E-state index in [2.05, 4.69) is 86.0 Å². The van der Waals surface area contributed by atoms with E-state index in [1.54, 1.807) is 0 Å². The van der Waals surface area contributed by atoms with Crippen molar-refractivity contribution in [3.05, 3.63) is 83.9 Å². The Bertz CT molecular complexity index is 874. The van der Waals surface area contributed by atoms with E-state index in [4.69, 9.17) is 5.73 Å². The second-order valence-electron chi connectivity index (χ2n) is 10.5. The molecule has 2 atom stereocenters. The second-order valence-corrected chi connectivity index (χ2v) is 10.5. The van der Waals surface area contributed by atoms with Gasteiger partial charge in [0, 0.05) is 38.1 Å². The Morgan fingerprint density at radius 2 is 1.44 bits per heavy atom. The van der Waals surface area contributed by atoms with Crippen LogP contribution in [0.4, 0.5) is 4.79 Å². The summed E-state index contributed by atoms with van der Waals surface area (Å²) in [7, 11) is 0. The minimum absolute atomic E-state index is 0.146. The first-order valence-corrected chi connectivity index (χ1v) is 14.1. The van der Waals surface area contributed by atoms with Gasteiger partial charge in [-0.15, -0.1) is 0 Å². The van der Waals surface area contributed by atoms with E-state index in [9.17, 15) is 4.79 Å². The van der Waals surface area contributed by atoms with Crippen LogP contribution in [0.5, 0.6) is 0 Å². The molecule has 0 radical (unpaired) electrons. The van der Waals surface area contributed by atoms with Crippen molar-refractivity contribution in [2.24, 2.45) is 11.7 Å². The number of amides is 2. The van der Waals surface area contributed by atoms with Gasteiger partial charge in [-0.3, -0.25) is 0 Å². The smallest absolute Gasteiger partial charge is 0.320 e. The molecule has 2 aromatic carbocycles. The summed E-state index contributed by atoms with van der Waals surface area (Å²) in [6.45, 7) is 11.6. The van der Waals surface area contributed by atoms with Gasteiger partial charge in [0.15, 0.2) is 0 Å². The molecular weight excluding hydrogens is 442 g/mol. The zero-order chi connectivity index (χ0) is 25.8. The van der Waals surface area contributed by atoms with Crippen LogP contribution in [0.1, 0.15) is 82.3 Å². The topological polar surface area (TPSA) is 49.6 Å². The maximum atomic E-state index is 13.8. The highest BCUT2D eigenvalue weighted by Gasteiger charge is 2.26. The SMILES string of the molecule is C=C(CC1CCCCC1N)CN(CCC)C(=O)N(CCC)CCC(c1ccccc1)c1ccccc1. The average Bonchev–Trinajstić information content (AvgIpc) is 2.90. The number of nitrogens with two attached hydrogens (primary N) is 1. The Balaban J connectivity index is 1.68. The Morgan fingerprint density at radius 3 is 2.00 bits per heavy atom. The third kappa shape index (κ3) is 8.23. The van der Waals surface area contributed by atoms with E-state index in [1.807, 2.05) is 4.90 Å². The lowest BCUT2D eigenvalue weighted by Crippen LogP contribution is -2.45. The summed E-state index contributed by atoms with van der Waals surface area (Å²) >= 11 is 0. The van der Waals surface area contributed by atoms with Gasteiger partial charge in [-0.05, 0) is 55.6 Å². The van der Waals surface area contributed by atoms with Crippen molar-refractivity contribution in [2.75, 3.05) is 26.2 Å². The van der Waals surface area contributed by atoms with E-state index in [0.717, 1.165) is 57.3 Å². The van der Waals surface area contributed by atoms with Crippen molar-refractivity contribution in [3.8, 4) is 0 Å². The van der Waals surface area contributed by atoms with E-state index in [0.29, 0.717) is 12.5 Å². The highest BCUT2D eigenvalue weighted by molar-refractivity contribution is 5.74. The van der Waals surface area contributed by atoms with Gasteiger partial charge in [0.2, 0.25) is 0 Å². The fraction of sp³-hybridized carbons (Fsp3) is 0.531. The molecule has 196 valence electrons. The molecule has 1 saturated carbocycles. The molecule has 0 bridgehead atoms. The van der Waals surface area contributed by atoms with Gasteiger partial charge in [-0.2, -0.15) is 0 Å². The Hall–Kier alpha value is -2.59. The minimum Gasteiger partial charge on any atom is -0.327 e. The van der Waals surface area contributed by atoms with E-state index >= 15 is 0 Å². The second kappa shape index (κ2) is 14.8. The van der Waals surface area contributed by atoms with Gasteiger partial charge in [-0.1, -0.05) is 99.5 Å². The zero-order valence-corrected chi connectivity index (χ0v) is 22.6. The van der Waals surface area contributed by atoms with Gasteiger partial charge in [0.25, 0.3) is 0 Å². The van der Waals surface area contributed by atoms with Crippen molar-refractivity contribution in [1.82, 2.24) is 9.80 Å². The lowest BCUT2D eigenvalue weighted by Gasteiger charge is -2.34. The largest absolute Gasteiger partial charge is 0.327 e. The number of hydrogen-bond acceptors (Lipinski definition) is 2. The van der Waals surface area contributed by atoms with Gasteiger partial charge >= 0.3 is 6.03 Å². The molecule has 4 heteroatoms. The number of hydrogen-bond donors (Lipinski definition) is 1. The zero-order valence-electron chi connectivity index (χ0n) is 22.6. The predicted molar refractivity (Wildman–Crippen MR) is 152 cm³/mol. The standard InChI is InChI=1S/C32H47N3O/c1-4-21-34(23-20-30(27-14-8-6-9-15-27)28-16-10-7-11-17-28)32(36)35(22-5-2)25-26(3)24-29-18-12-13-19-31(29)33/h6-11,14-17,29-31H,3-5,12-13,18-25,33H2,1-2H3. The molecule has 0 spiro atoms.